The first-order chi connectivity index (χ1) is 8.33. The van der Waals surface area contributed by atoms with Crippen molar-refractivity contribution < 1.29 is 9.15 Å². The van der Waals surface area contributed by atoms with Crippen LogP contribution in [0.3, 0.4) is 0 Å². The molecule has 1 aliphatic carbocycles. The molecule has 1 aromatic heterocycles. The highest BCUT2D eigenvalue weighted by atomic mass is 16.5. The van der Waals surface area contributed by atoms with Crippen LogP contribution in [0.15, 0.2) is 4.42 Å². The van der Waals surface area contributed by atoms with Crippen molar-refractivity contribution in [2.75, 3.05) is 19.7 Å². The minimum absolute atomic E-state index is 0.0365. The SMILES string of the molecule is Cc1nnc(C2CN(C3CCCC3)CCO2)o1. The lowest BCUT2D eigenvalue weighted by Gasteiger charge is -2.35. The molecule has 5 nitrogen and oxygen atoms in total. The van der Waals surface area contributed by atoms with Crippen LogP contribution in [0.2, 0.25) is 0 Å². The van der Waals surface area contributed by atoms with Gasteiger partial charge in [-0.3, -0.25) is 4.90 Å². The normalized spacial score (nSPS) is 27.7. The molecule has 2 heterocycles. The van der Waals surface area contributed by atoms with E-state index in [1.54, 1.807) is 0 Å². The van der Waals surface area contributed by atoms with E-state index in [4.69, 9.17) is 9.15 Å². The van der Waals surface area contributed by atoms with Crippen molar-refractivity contribution >= 4 is 0 Å². The Kier molecular flexibility index (Phi) is 3.11. The molecule has 94 valence electrons. The number of morpholine rings is 1. The summed E-state index contributed by atoms with van der Waals surface area (Å²) >= 11 is 0. The molecule has 0 spiro atoms. The largest absolute Gasteiger partial charge is 0.423 e. The van der Waals surface area contributed by atoms with Gasteiger partial charge < -0.3 is 9.15 Å². The third-order valence-corrected chi connectivity index (χ3v) is 3.76. The first-order valence-electron chi connectivity index (χ1n) is 6.48. The molecule has 17 heavy (non-hydrogen) atoms. The van der Waals surface area contributed by atoms with Crippen molar-refractivity contribution in [1.29, 1.82) is 0 Å². The molecule has 1 aromatic rings. The van der Waals surface area contributed by atoms with E-state index >= 15 is 0 Å². The summed E-state index contributed by atoms with van der Waals surface area (Å²) in [7, 11) is 0. The van der Waals surface area contributed by atoms with E-state index in [-0.39, 0.29) is 6.10 Å². The van der Waals surface area contributed by atoms with Gasteiger partial charge >= 0.3 is 0 Å². The molecule has 2 fully saturated rings. The molecule has 1 aliphatic heterocycles. The van der Waals surface area contributed by atoms with Crippen molar-refractivity contribution in [3.8, 4) is 0 Å². The van der Waals surface area contributed by atoms with Crippen LogP contribution in [0.1, 0.15) is 43.6 Å². The summed E-state index contributed by atoms with van der Waals surface area (Å²) in [5.74, 6) is 1.24. The van der Waals surface area contributed by atoms with Gasteiger partial charge in [0.1, 0.15) is 6.10 Å². The van der Waals surface area contributed by atoms with Gasteiger partial charge in [-0.2, -0.15) is 0 Å². The maximum absolute atomic E-state index is 5.73. The smallest absolute Gasteiger partial charge is 0.246 e. The van der Waals surface area contributed by atoms with Crippen LogP contribution < -0.4 is 0 Å². The standard InChI is InChI=1S/C12H19N3O2/c1-9-13-14-12(17-9)11-8-15(6-7-16-11)10-4-2-3-5-10/h10-11H,2-8H2,1H3. The zero-order chi connectivity index (χ0) is 11.7. The predicted molar refractivity (Wildman–Crippen MR) is 61.6 cm³/mol. The molecule has 1 atom stereocenters. The van der Waals surface area contributed by atoms with Crippen LogP contribution in [-0.2, 0) is 4.74 Å². The van der Waals surface area contributed by atoms with E-state index in [1.807, 2.05) is 6.92 Å². The average molecular weight is 237 g/mol. The molecule has 0 radical (unpaired) electrons. The highest BCUT2D eigenvalue weighted by Gasteiger charge is 2.31. The molecule has 0 amide bonds. The van der Waals surface area contributed by atoms with Gasteiger partial charge in [0.25, 0.3) is 0 Å². The lowest BCUT2D eigenvalue weighted by atomic mass is 10.1. The number of ether oxygens (including phenoxy) is 1. The summed E-state index contributed by atoms with van der Waals surface area (Å²) in [5.41, 5.74) is 0. The Morgan fingerprint density at radius 3 is 2.76 bits per heavy atom. The van der Waals surface area contributed by atoms with Crippen molar-refractivity contribution in [2.45, 2.75) is 44.8 Å². The second-order valence-electron chi connectivity index (χ2n) is 4.95. The minimum atomic E-state index is -0.0365. The topological polar surface area (TPSA) is 51.4 Å². The van der Waals surface area contributed by atoms with E-state index in [9.17, 15) is 0 Å². The number of aromatic nitrogens is 2. The summed E-state index contributed by atoms with van der Waals surface area (Å²) in [5, 5.41) is 7.93. The summed E-state index contributed by atoms with van der Waals surface area (Å²) in [6.45, 7) is 4.51. The highest BCUT2D eigenvalue weighted by Crippen LogP contribution is 2.28. The summed E-state index contributed by atoms with van der Waals surface area (Å²) in [6, 6.07) is 0.741. The van der Waals surface area contributed by atoms with Gasteiger partial charge in [0.15, 0.2) is 0 Å². The summed E-state index contributed by atoms with van der Waals surface area (Å²) in [4.78, 5) is 2.53. The molecular formula is C12H19N3O2. The number of nitrogens with zero attached hydrogens (tertiary/aromatic N) is 3. The zero-order valence-corrected chi connectivity index (χ0v) is 10.3. The van der Waals surface area contributed by atoms with E-state index in [0.717, 1.165) is 25.7 Å². The molecule has 1 saturated heterocycles. The van der Waals surface area contributed by atoms with E-state index in [1.165, 1.54) is 25.7 Å². The van der Waals surface area contributed by atoms with Gasteiger partial charge in [0.05, 0.1) is 6.61 Å². The first kappa shape index (κ1) is 11.2. The maximum atomic E-state index is 5.73. The Hall–Kier alpha value is -0.940. The van der Waals surface area contributed by atoms with Gasteiger partial charge in [-0.05, 0) is 12.8 Å². The Labute approximate surface area is 101 Å². The molecule has 0 N–H and O–H groups in total. The first-order valence-corrected chi connectivity index (χ1v) is 6.48. The molecule has 0 bridgehead atoms. The predicted octanol–water partition coefficient (Wildman–Crippen LogP) is 1.69. The molecule has 5 heteroatoms. The van der Waals surface area contributed by atoms with Gasteiger partial charge in [-0.25, -0.2) is 0 Å². The molecule has 1 saturated carbocycles. The maximum Gasteiger partial charge on any atom is 0.246 e. The summed E-state index contributed by atoms with van der Waals surface area (Å²) < 4.78 is 11.2. The van der Waals surface area contributed by atoms with Crippen LogP contribution >= 0.6 is 0 Å². The monoisotopic (exact) mass is 237 g/mol. The fourth-order valence-electron chi connectivity index (χ4n) is 2.86. The molecular weight excluding hydrogens is 218 g/mol. The molecule has 0 aromatic carbocycles. The summed E-state index contributed by atoms with van der Waals surface area (Å²) in [6.07, 6.45) is 5.36. The van der Waals surface area contributed by atoms with Crippen LogP contribution in [0.25, 0.3) is 0 Å². The number of aryl methyl sites for hydroxylation is 1. The van der Waals surface area contributed by atoms with Gasteiger partial charge in [-0.15, -0.1) is 10.2 Å². The third kappa shape index (κ3) is 2.35. The highest BCUT2D eigenvalue weighted by molar-refractivity contribution is 4.91. The second kappa shape index (κ2) is 4.74. The number of rotatable bonds is 2. The van der Waals surface area contributed by atoms with Gasteiger partial charge in [-0.1, -0.05) is 12.8 Å². The van der Waals surface area contributed by atoms with Crippen LogP contribution in [0.5, 0.6) is 0 Å². The van der Waals surface area contributed by atoms with Gasteiger partial charge in [0.2, 0.25) is 11.8 Å². The fourth-order valence-corrected chi connectivity index (χ4v) is 2.86. The zero-order valence-electron chi connectivity index (χ0n) is 10.3. The Balaban J connectivity index is 1.66. The molecule has 2 aliphatic rings. The third-order valence-electron chi connectivity index (χ3n) is 3.76. The number of hydrogen-bond acceptors (Lipinski definition) is 5. The Morgan fingerprint density at radius 1 is 1.24 bits per heavy atom. The minimum Gasteiger partial charge on any atom is -0.423 e. The fraction of sp³-hybridized carbons (Fsp3) is 0.833. The van der Waals surface area contributed by atoms with Crippen molar-refractivity contribution in [2.24, 2.45) is 0 Å². The molecule has 1 unspecified atom stereocenters. The lowest BCUT2D eigenvalue weighted by Crippen LogP contribution is -2.43. The Bertz CT molecular complexity index is 374. The van der Waals surface area contributed by atoms with Crippen molar-refractivity contribution in [3.05, 3.63) is 11.8 Å². The van der Waals surface area contributed by atoms with Crippen molar-refractivity contribution in [3.63, 3.8) is 0 Å². The van der Waals surface area contributed by atoms with E-state index in [0.29, 0.717) is 11.8 Å². The van der Waals surface area contributed by atoms with Gasteiger partial charge in [0, 0.05) is 26.1 Å². The van der Waals surface area contributed by atoms with Crippen molar-refractivity contribution in [1.82, 2.24) is 15.1 Å². The second-order valence-corrected chi connectivity index (χ2v) is 4.95. The Morgan fingerprint density at radius 2 is 2.06 bits per heavy atom. The van der Waals surface area contributed by atoms with Crippen LogP contribution in [-0.4, -0.2) is 40.8 Å². The average Bonchev–Trinajstić information content (AvgIpc) is 3.00. The van der Waals surface area contributed by atoms with Crippen LogP contribution in [0.4, 0.5) is 0 Å². The lowest BCUT2D eigenvalue weighted by molar-refractivity contribution is -0.0557. The molecule has 3 rings (SSSR count). The van der Waals surface area contributed by atoms with E-state index < -0.39 is 0 Å². The van der Waals surface area contributed by atoms with Crippen LogP contribution in [0, 0.1) is 6.92 Å². The van der Waals surface area contributed by atoms with E-state index in [2.05, 4.69) is 15.1 Å². The quantitative estimate of drug-likeness (QED) is 0.783. The number of hydrogen-bond donors (Lipinski definition) is 0.